The predicted octanol–water partition coefficient (Wildman–Crippen LogP) is 1.73. The molecule has 1 aliphatic heterocycles. The lowest BCUT2D eigenvalue weighted by Gasteiger charge is -2.33. The molecule has 1 saturated heterocycles. The molecule has 0 unspecified atom stereocenters. The maximum atomic E-state index is 12.2. The van der Waals surface area contributed by atoms with E-state index in [-0.39, 0.29) is 5.91 Å². The van der Waals surface area contributed by atoms with Crippen LogP contribution in [-0.2, 0) is 0 Å². The Morgan fingerprint density at radius 3 is 2.39 bits per heavy atom. The first kappa shape index (κ1) is 12.9. The second-order valence-corrected chi connectivity index (χ2v) is 4.72. The molecule has 0 bridgehead atoms. The Hall–Kier alpha value is -1.50. The van der Waals surface area contributed by atoms with Gasteiger partial charge in [0.2, 0.25) is 0 Å². The molecule has 1 heterocycles. The Morgan fingerprint density at radius 2 is 1.83 bits per heavy atom. The van der Waals surface area contributed by atoms with E-state index in [1.807, 2.05) is 4.90 Å². The molecule has 1 aliphatic rings. The van der Waals surface area contributed by atoms with Crippen molar-refractivity contribution in [3.8, 4) is 12.3 Å². The number of rotatable bonds is 2. The van der Waals surface area contributed by atoms with Crippen molar-refractivity contribution in [2.24, 2.45) is 0 Å². The number of hydrogen-bond donors (Lipinski definition) is 0. The van der Waals surface area contributed by atoms with E-state index in [4.69, 9.17) is 18.0 Å². The van der Waals surface area contributed by atoms with Crippen LogP contribution in [0.2, 0.25) is 5.02 Å². The average Bonchev–Trinajstić information content (AvgIpc) is 2.40. The van der Waals surface area contributed by atoms with Crippen LogP contribution in [-0.4, -0.2) is 48.4 Å². The summed E-state index contributed by atoms with van der Waals surface area (Å²) in [6.45, 7) is 3.78. The zero-order valence-corrected chi connectivity index (χ0v) is 10.9. The minimum Gasteiger partial charge on any atom is -0.336 e. The van der Waals surface area contributed by atoms with Crippen LogP contribution < -0.4 is 0 Å². The molecule has 4 heteroatoms. The van der Waals surface area contributed by atoms with Gasteiger partial charge in [-0.3, -0.25) is 9.69 Å². The fourth-order valence-corrected chi connectivity index (χ4v) is 2.14. The van der Waals surface area contributed by atoms with E-state index in [0.717, 1.165) is 26.2 Å². The summed E-state index contributed by atoms with van der Waals surface area (Å²) >= 11 is 5.81. The maximum Gasteiger partial charge on any atom is 0.253 e. The zero-order valence-electron chi connectivity index (χ0n) is 10.1. The number of hydrogen-bond acceptors (Lipinski definition) is 2. The van der Waals surface area contributed by atoms with Gasteiger partial charge in [-0.2, -0.15) is 0 Å². The number of amides is 1. The van der Waals surface area contributed by atoms with Gasteiger partial charge in [-0.1, -0.05) is 17.5 Å². The van der Waals surface area contributed by atoms with E-state index in [1.165, 1.54) is 0 Å². The summed E-state index contributed by atoms with van der Waals surface area (Å²) < 4.78 is 0. The standard InChI is InChI=1S/C14H15ClN2O/c1-2-7-16-8-10-17(11-9-16)14(18)12-3-5-13(15)6-4-12/h1,3-6H,7-11H2. The van der Waals surface area contributed by atoms with Gasteiger partial charge in [0.1, 0.15) is 0 Å². The third-order valence-electron chi connectivity index (χ3n) is 3.07. The van der Waals surface area contributed by atoms with Crippen LogP contribution in [0.4, 0.5) is 0 Å². The van der Waals surface area contributed by atoms with Crippen molar-refractivity contribution in [2.45, 2.75) is 0 Å². The van der Waals surface area contributed by atoms with Crippen LogP contribution in [0, 0.1) is 12.3 Å². The molecule has 0 radical (unpaired) electrons. The molecule has 0 aliphatic carbocycles. The van der Waals surface area contributed by atoms with Crippen LogP contribution in [0.3, 0.4) is 0 Å². The SMILES string of the molecule is C#CCN1CCN(C(=O)c2ccc(Cl)cc2)CC1. The molecular formula is C14H15ClN2O. The van der Waals surface area contributed by atoms with Crippen molar-refractivity contribution in [1.82, 2.24) is 9.80 Å². The number of terminal acetylenes is 1. The van der Waals surface area contributed by atoms with Gasteiger partial charge < -0.3 is 4.90 Å². The largest absolute Gasteiger partial charge is 0.336 e. The normalized spacial score (nSPS) is 16.3. The zero-order chi connectivity index (χ0) is 13.0. The number of carbonyl (C=O) groups excluding carboxylic acids is 1. The molecule has 0 aromatic heterocycles. The molecule has 3 nitrogen and oxygen atoms in total. The fraction of sp³-hybridized carbons (Fsp3) is 0.357. The second-order valence-electron chi connectivity index (χ2n) is 4.28. The van der Waals surface area contributed by atoms with Crippen molar-refractivity contribution in [3.05, 3.63) is 34.9 Å². The van der Waals surface area contributed by atoms with Crippen LogP contribution in [0.5, 0.6) is 0 Å². The molecule has 18 heavy (non-hydrogen) atoms. The van der Waals surface area contributed by atoms with Crippen LogP contribution in [0.25, 0.3) is 0 Å². The van der Waals surface area contributed by atoms with E-state index in [1.54, 1.807) is 24.3 Å². The highest BCUT2D eigenvalue weighted by Crippen LogP contribution is 2.12. The van der Waals surface area contributed by atoms with Gasteiger partial charge in [0.25, 0.3) is 5.91 Å². The van der Waals surface area contributed by atoms with E-state index in [2.05, 4.69) is 10.8 Å². The van der Waals surface area contributed by atoms with E-state index >= 15 is 0 Å². The van der Waals surface area contributed by atoms with E-state index in [9.17, 15) is 4.79 Å². The monoisotopic (exact) mass is 262 g/mol. The maximum absolute atomic E-state index is 12.2. The van der Waals surface area contributed by atoms with Crippen molar-refractivity contribution >= 4 is 17.5 Å². The van der Waals surface area contributed by atoms with E-state index in [0.29, 0.717) is 17.1 Å². The van der Waals surface area contributed by atoms with E-state index < -0.39 is 0 Å². The topological polar surface area (TPSA) is 23.6 Å². The van der Waals surface area contributed by atoms with Gasteiger partial charge in [-0.15, -0.1) is 6.42 Å². The molecule has 0 spiro atoms. The molecule has 0 N–H and O–H groups in total. The molecule has 2 rings (SSSR count). The molecule has 1 amide bonds. The Labute approximate surface area is 112 Å². The van der Waals surface area contributed by atoms with Crippen molar-refractivity contribution in [2.75, 3.05) is 32.7 Å². The van der Waals surface area contributed by atoms with Gasteiger partial charge in [-0.25, -0.2) is 0 Å². The van der Waals surface area contributed by atoms with Gasteiger partial charge in [-0.05, 0) is 24.3 Å². The van der Waals surface area contributed by atoms with Gasteiger partial charge in [0, 0.05) is 36.8 Å². The summed E-state index contributed by atoms with van der Waals surface area (Å²) in [5.41, 5.74) is 0.685. The quantitative estimate of drug-likeness (QED) is 0.758. The number of nitrogens with zero attached hydrogens (tertiary/aromatic N) is 2. The summed E-state index contributed by atoms with van der Waals surface area (Å²) in [4.78, 5) is 16.2. The fourth-order valence-electron chi connectivity index (χ4n) is 2.01. The van der Waals surface area contributed by atoms with Crippen molar-refractivity contribution in [1.29, 1.82) is 0 Å². The van der Waals surface area contributed by atoms with Gasteiger partial charge in [0.15, 0.2) is 0 Å². The highest BCUT2D eigenvalue weighted by atomic mass is 35.5. The number of piperazine rings is 1. The first-order valence-electron chi connectivity index (χ1n) is 5.91. The number of carbonyl (C=O) groups is 1. The Balaban J connectivity index is 1.95. The lowest BCUT2D eigenvalue weighted by atomic mass is 10.2. The Morgan fingerprint density at radius 1 is 1.22 bits per heavy atom. The minimum atomic E-state index is 0.0621. The molecular weight excluding hydrogens is 248 g/mol. The van der Waals surface area contributed by atoms with Gasteiger partial charge >= 0.3 is 0 Å². The smallest absolute Gasteiger partial charge is 0.253 e. The molecule has 0 atom stereocenters. The molecule has 0 saturated carbocycles. The second kappa shape index (κ2) is 5.90. The lowest BCUT2D eigenvalue weighted by molar-refractivity contribution is 0.0652. The molecule has 1 fully saturated rings. The van der Waals surface area contributed by atoms with Gasteiger partial charge in [0.05, 0.1) is 6.54 Å². The number of benzene rings is 1. The van der Waals surface area contributed by atoms with Crippen molar-refractivity contribution < 1.29 is 4.79 Å². The summed E-state index contributed by atoms with van der Waals surface area (Å²) in [5, 5.41) is 0.644. The molecule has 1 aromatic rings. The molecule has 94 valence electrons. The average molecular weight is 263 g/mol. The first-order chi connectivity index (χ1) is 8.70. The third kappa shape index (κ3) is 3.04. The summed E-state index contributed by atoms with van der Waals surface area (Å²) in [7, 11) is 0. The Bertz CT molecular complexity index is 456. The highest BCUT2D eigenvalue weighted by molar-refractivity contribution is 6.30. The Kier molecular flexibility index (Phi) is 4.24. The molecule has 1 aromatic carbocycles. The van der Waals surface area contributed by atoms with Crippen molar-refractivity contribution in [3.63, 3.8) is 0 Å². The van der Waals surface area contributed by atoms with Crippen LogP contribution in [0.1, 0.15) is 10.4 Å². The number of halogens is 1. The summed E-state index contributed by atoms with van der Waals surface area (Å²) in [6, 6.07) is 7.00. The highest BCUT2D eigenvalue weighted by Gasteiger charge is 2.21. The first-order valence-corrected chi connectivity index (χ1v) is 6.29. The summed E-state index contributed by atoms with van der Waals surface area (Å²) in [5.74, 6) is 2.69. The lowest BCUT2D eigenvalue weighted by Crippen LogP contribution is -2.48. The third-order valence-corrected chi connectivity index (χ3v) is 3.32. The van der Waals surface area contributed by atoms with Crippen LogP contribution in [0.15, 0.2) is 24.3 Å². The van der Waals surface area contributed by atoms with Crippen LogP contribution >= 0.6 is 11.6 Å². The minimum absolute atomic E-state index is 0.0621. The predicted molar refractivity (Wildman–Crippen MR) is 72.6 cm³/mol. The summed E-state index contributed by atoms with van der Waals surface area (Å²) in [6.07, 6.45) is 5.27.